The van der Waals surface area contributed by atoms with E-state index in [2.05, 4.69) is 52.2 Å². The summed E-state index contributed by atoms with van der Waals surface area (Å²) in [5, 5.41) is 4.06. The first-order chi connectivity index (χ1) is 15.1. The standard InChI is InChI=1S/C25H41ClN5/c1-18-23(31-14-12-30(13-15-31)20-6-4-3-5-7-20)8-10-27-25(18)28-19-16-22(26)21-9-11-29(2)24(21)17-19/h9-11,18-20,22-25,28H,3-8,12-17H2,1-2H3/q+1. The molecule has 6 atom stereocenters. The Balaban J connectivity index is 1.16. The van der Waals surface area contributed by atoms with Crippen LogP contribution in [-0.4, -0.2) is 95.7 Å². The van der Waals surface area contributed by atoms with E-state index in [4.69, 9.17) is 16.6 Å². The van der Waals surface area contributed by atoms with Crippen molar-refractivity contribution in [3.63, 3.8) is 0 Å². The van der Waals surface area contributed by atoms with Gasteiger partial charge < -0.3 is 0 Å². The van der Waals surface area contributed by atoms with E-state index in [0.29, 0.717) is 24.0 Å². The normalized spacial score (nSPS) is 40.5. The van der Waals surface area contributed by atoms with Crippen LogP contribution in [0.3, 0.4) is 0 Å². The average molecular weight is 447 g/mol. The van der Waals surface area contributed by atoms with Crippen molar-refractivity contribution in [2.45, 2.75) is 94.0 Å². The minimum Gasteiger partial charge on any atom is -0.298 e. The summed E-state index contributed by atoms with van der Waals surface area (Å²) in [6, 6.07) is 2.36. The summed E-state index contributed by atoms with van der Waals surface area (Å²) in [6.07, 6.45) is 17.2. The molecule has 0 aromatic rings. The highest BCUT2D eigenvalue weighted by molar-refractivity contribution is 6.22. The van der Waals surface area contributed by atoms with Crippen LogP contribution in [0.25, 0.3) is 0 Å². The van der Waals surface area contributed by atoms with Crippen LogP contribution in [0, 0.1) is 5.92 Å². The van der Waals surface area contributed by atoms with Gasteiger partial charge in [0.15, 0.2) is 12.3 Å². The van der Waals surface area contributed by atoms with E-state index in [-0.39, 0.29) is 11.5 Å². The lowest BCUT2D eigenvalue weighted by Gasteiger charge is -2.46. The Morgan fingerprint density at radius 1 is 1.06 bits per heavy atom. The van der Waals surface area contributed by atoms with Gasteiger partial charge in [0.1, 0.15) is 13.2 Å². The van der Waals surface area contributed by atoms with Crippen molar-refractivity contribution in [3.8, 4) is 0 Å². The zero-order valence-corrected chi connectivity index (χ0v) is 20.2. The Bertz CT molecular complexity index is 719. The molecular formula is C25H41ClN5+. The molecule has 172 valence electrons. The van der Waals surface area contributed by atoms with Crippen molar-refractivity contribution in [3.05, 3.63) is 11.6 Å². The molecule has 0 spiro atoms. The van der Waals surface area contributed by atoms with Gasteiger partial charge in [-0.25, -0.2) is 4.58 Å². The summed E-state index contributed by atoms with van der Waals surface area (Å²) in [7, 11) is 2.17. The van der Waals surface area contributed by atoms with Gasteiger partial charge in [-0.2, -0.15) is 0 Å². The highest BCUT2D eigenvalue weighted by Crippen LogP contribution is 2.34. The predicted octanol–water partition coefficient (Wildman–Crippen LogP) is 3.12. The van der Waals surface area contributed by atoms with Crippen LogP contribution >= 0.6 is 11.6 Å². The number of hydrogen-bond acceptors (Lipinski definition) is 4. The maximum atomic E-state index is 6.75. The largest absolute Gasteiger partial charge is 0.298 e. The topological polar surface area (TPSA) is 33.9 Å². The lowest BCUT2D eigenvalue weighted by molar-refractivity contribution is -0.522. The zero-order chi connectivity index (χ0) is 21.4. The van der Waals surface area contributed by atoms with Crippen LogP contribution in [0.15, 0.2) is 16.6 Å². The molecule has 2 aliphatic carbocycles. The Morgan fingerprint density at radius 2 is 1.81 bits per heavy atom. The molecule has 0 radical (unpaired) electrons. The molecule has 3 fully saturated rings. The molecule has 1 N–H and O–H groups in total. The van der Waals surface area contributed by atoms with Crippen LogP contribution in [-0.2, 0) is 0 Å². The monoisotopic (exact) mass is 446 g/mol. The molecule has 2 saturated carbocycles. The number of nitrogens with zero attached hydrogens (tertiary/aromatic N) is 4. The highest BCUT2D eigenvalue weighted by Gasteiger charge is 2.42. The summed E-state index contributed by atoms with van der Waals surface area (Å²) in [5.74, 6) is 0.532. The molecule has 6 heteroatoms. The number of likely N-dealkylation sites (N-methyl/N-ethyl adjacent to an activating group) is 1. The van der Waals surface area contributed by atoms with Crippen LogP contribution in [0.1, 0.15) is 58.3 Å². The Morgan fingerprint density at radius 3 is 2.58 bits per heavy atom. The summed E-state index contributed by atoms with van der Waals surface area (Å²) < 4.78 is 2.32. The third-order valence-corrected chi connectivity index (χ3v) is 9.20. The Labute approximate surface area is 193 Å². The molecule has 5 nitrogen and oxygen atoms in total. The summed E-state index contributed by atoms with van der Waals surface area (Å²) in [5.41, 5.74) is 1.40. The van der Waals surface area contributed by atoms with Crippen molar-refractivity contribution in [1.82, 2.24) is 15.1 Å². The van der Waals surface area contributed by atoms with Gasteiger partial charge in [0.25, 0.3) is 0 Å². The molecule has 31 heavy (non-hydrogen) atoms. The maximum absolute atomic E-state index is 6.75. The molecule has 0 aromatic heterocycles. The maximum Gasteiger partial charge on any atom is 0.177 e. The van der Waals surface area contributed by atoms with Crippen LogP contribution < -0.4 is 5.32 Å². The molecular weight excluding hydrogens is 406 g/mol. The molecule has 0 bridgehead atoms. The predicted molar refractivity (Wildman–Crippen MR) is 130 cm³/mol. The quantitative estimate of drug-likeness (QED) is 0.532. The molecule has 0 aromatic carbocycles. The van der Waals surface area contributed by atoms with E-state index in [1.54, 1.807) is 0 Å². The third-order valence-electron chi connectivity index (χ3n) is 8.77. The number of piperazine rings is 1. The minimum atomic E-state index is 0.143. The molecule has 3 heterocycles. The van der Waals surface area contributed by atoms with Gasteiger partial charge >= 0.3 is 0 Å². The van der Waals surface area contributed by atoms with Crippen LogP contribution in [0.5, 0.6) is 0 Å². The van der Waals surface area contributed by atoms with Gasteiger partial charge in [0.05, 0.1) is 5.38 Å². The number of nitrogens with one attached hydrogen (secondary N) is 1. The van der Waals surface area contributed by atoms with Crippen molar-refractivity contribution in [2.75, 3.05) is 33.2 Å². The second kappa shape index (κ2) is 9.62. The van der Waals surface area contributed by atoms with E-state index in [1.807, 2.05) is 0 Å². The van der Waals surface area contributed by atoms with Gasteiger partial charge in [-0.1, -0.05) is 26.2 Å². The van der Waals surface area contributed by atoms with Gasteiger partial charge in [0, 0.05) is 74.5 Å². The summed E-state index contributed by atoms with van der Waals surface area (Å²) in [4.78, 5) is 10.5. The fourth-order valence-electron chi connectivity index (χ4n) is 6.80. The molecule has 3 aliphatic heterocycles. The fraction of sp³-hybridized carbons (Fsp3) is 0.840. The summed E-state index contributed by atoms with van der Waals surface area (Å²) >= 11 is 6.75. The first-order valence-corrected chi connectivity index (χ1v) is 13.2. The van der Waals surface area contributed by atoms with Crippen molar-refractivity contribution in [1.29, 1.82) is 0 Å². The number of halogens is 1. The number of alkyl halides is 1. The van der Waals surface area contributed by atoms with E-state index in [9.17, 15) is 0 Å². The SMILES string of the molecule is CC1C(NC2CC(Cl)C3=CC=[N+](C)C3C2)N=CCC1N1CCN(C2CCCCC2)CC1. The second-order valence-electron chi connectivity index (χ2n) is 10.6. The number of rotatable bonds is 4. The van der Waals surface area contributed by atoms with Crippen molar-refractivity contribution < 1.29 is 4.58 Å². The van der Waals surface area contributed by atoms with E-state index in [0.717, 1.165) is 25.3 Å². The smallest absolute Gasteiger partial charge is 0.177 e. The minimum absolute atomic E-state index is 0.143. The third kappa shape index (κ3) is 4.66. The first-order valence-electron chi connectivity index (χ1n) is 12.8. The van der Waals surface area contributed by atoms with Gasteiger partial charge in [-0.3, -0.25) is 20.1 Å². The number of fused-ring (bicyclic) bond motifs is 1. The van der Waals surface area contributed by atoms with E-state index < -0.39 is 0 Å². The lowest BCUT2D eigenvalue weighted by atomic mass is 9.85. The number of hydrogen-bond donors (Lipinski definition) is 1. The van der Waals surface area contributed by atoms with Gasteiger partial charge in [0.2, 0.25) is 0 Å². The molecule has 0 amide bonds. The highest BCUT2D eigenvalue weighted by atomic mass is 35.5. The van der Waals surface area contributed by atoms with Crippen LogP contribution in [0.2, 0.25) is 0 Å². The second-order valence-corrected chi connectivity index (χ2v) is 11.1. The number of aliphatic imine (C=N–C) groups is 1. The van der Waals surface area contributed by atoms with Gasteiger partial charge in [-0.15, -0.1) is 11.6 Å². The zero-order valence-electron chi connectivity index (χ0n) is 19.4. The fourth-order valence-corrected chi connectivity index (χ4v) is 7.23. The van der Waals surface area contributed by atoms with Crippen molar-refractivity contribution >= 4 is 24.0 Å². The van der Waals surface area contributed by atoms with Crippen LogP contribution in [0.4, 0.5) is 0 Å². The van der Waals surface area contributed by atoms with Crippen molar-refractivity contribution in [2.24, 2.45) is 10.9 Å². The average Bonchev–Trinajstić information content (AvgIpc) is 3.17. The first kappa shape index (κ1) is 22.1. The van der Waals surface area contributed by atoms with Gasteiger partial charge in [-0.05, 0) is 25.7 Å². The molecule has 1 saturated heterocycles. The molecule has 5 rings (SSSR count). The lowest BCUT2D eigenvalue weighted by Crippen LogP contribution is -2.58. The Kier molecular flexibility index (Phi) is 6.85. The van der Waals surface area contributed by atoms with E-state index >= 15 is 0 Å². The number of allylic oxidation sites excluding steroid dienone is 1. The van der Waals surface area contributed by atoms with E-state index in [1.165, 1.54) is 63.9 Å². The molecule has 6 unspecified atom stereocenters. The Hall–Kier alpha value is -0.750. The summed E-state index contributed by atoms with van der Waals surface area (Å²) in [6.45, 7) is 7.35. The molecule has 5 aliphatic rings.